The molecule has 3 rings (SSSR count). The molecular formula is C18H24N4O2. The molecule has 2 aromatic heterocycles. The van der Waals surface area contributed by atoms with Crippen molar-refractivity contribution in [2.75, 3.05) is 26.2 Å². The van der Waals surface area contributed by atoms with E-state index in [-0.39, 0.29) is 11.8 Å². The van der Waals surface area contributed by atoms with Crippen LogP contribution in [0.15, 0.2) is 36.8 Å². The standard InChI is InChI=1S/C18H24N4O2/c1-20-9-5-15(14-20)12-17(23)21-7-3-8-22(11-10-21)18(24)13-16-4-2-6-19-16/h2,4-6,9,14,19H,3,7-8,10-13H2,1H3. The molecule has 0 saturated carbocycles. The molecule has 1 N–H and O–H groups in total. The number of H-pyrrole nitrogens is 1. The Hall–Kier alpha value is -2.50. The first-order valence-corrected chi connectivity index (χ1v) is 8.40. The van der Waals surface area contributed by atoms with Gasteiger partial charge in [-0.1, -0.05) is 0 Å². The van der Waals surface area contributed by atoms with Crippen LogP contribution in [0.3, 0.4) is 0 Å². The summed E-state index contributed by atoms with van der Waals surface area (Å²) in [6.07, 6.45) is 7.40. The molecule has 2 aromatic rings. The van der Waals surface area contributed by atoms with Crippen molar-refractivity contribution in [1.29, 1.82) is 0 Å². The first-order chi connectivity index (χ1) is 11.6. The molecule has 2 amide bonds. The number of carbonyl (C=O) groups excluding carboxylic acids is 2. The Kier molecular flexibility index (Phi) is 5.03. The maximum absolute atomic E-state index is 12.5. The third-order valence-corrected chi connectivity index (χ3v) is 4.45. The largest absolute Gasteiger partial charge is 0.365 e. The van der Waals surface area contributed by atoms with Crippen LogP contribution in [0.5, 0.6) is 0 Å². The number of nitrogens with zero attached hydrogens (tertiary/aromatic N) is 3. The number of aromatic amines is 1. The molecule has 0 radical (unpaired) electrons. The molecule has 1 aliphatic rings. The van der Waals surface area contributed by atoms with Crippen molar-refractivity contribution in [2.45, 2.75) is 19.3 Å². The highest BCUT2D eigenvalue weighted by Gasteiger charge is 2.22. The lowest BCUT2D eigenvalue weighted by Gasteiger charge is -2.22. The fourth-order valence-electron chi connectivity index (χ4n) is 3.12. The summed E-state index contributed by atoms with van der Waals surface area (Å²) in [6, 6.07) is 5.79. The molecule has 0 spiro atoms. The van der Waals surface area contributed by atoms with Gasteiger partial charge in [-0.25, -0.2) is 0 Å². The number of aromatic nitrogens is 2. The smallest absolute Gasteiger partial charge is 0.228 e. The summed E-state index contributed by atoms with van der Waals surface area (Å²) in [7, 11) is 1.95. The Labute approximate surface area is 142 Å². The van der Waals surface area contributed by atoms with E-state index < -0.39 is 0 Å². The van der Waals surface area contributed by atoms with E-state index in [1.165, 1.54) is 0 Å². The minimum Gasteiger partial charge on any atom is -0.365 e. The van der Waals surface area contributed by atoms with Gasteiger partial charge in [0.25, 0.3) is 0 Å². The van der Waals surface area contributed by atoms with Crippen molar-refractivity contribution in [3.8, 4) is 0 Å². The minimum atomic E-state index is 0.120. The number of aryl methyl sites for hydroxylation is 1. The average molecular weight is 328 g/mol. The fraction of sp³-hybridized carbons (Fsp3) is 0.444. The van der Waals surface area contributed by atoms with Crippen LogP contribution in [0, 0.1) is 0 Å². The maximum Gasteiger partial charge on any atom is 0.228 e. The van der Waals surface area contributed by atoms with E-state index in [1.807, 2.05) is 58.2 Å². The van der Waals surface area contributed by atoms with Gasteiger partial charge in [-0.2, -0.15) is 0 Å². The van der Waals surface area contributed by atoms with E-state index in [2.05, 4.69) is 4.98 Å². The first kappa shape index (κ1) is 16.4. The highest BCUT2D eigenvalue weighted by atomic mass is 16.2. The van der Waals surface area contributed by atoms with Gasteiger partial charge in [0.2, 0.25) is 11.8 Å². The zero-order valence-corrected chi connectivity index (χ0v) is 14.1. The van der Waals surface area contributed by atoms with Crippen LogP contribution in [0.25, 0.3) is 0 Å². The van der Waals surface area contributed by atoms with Crippen LogP contribution in [0.1, 0.15) is 17.7 Å². The van der Waals surface area contributed by atoms with Crippen molar-refractivity contribution < 1.29 is 9.59 Å². The van der Waals surface area contributed by atoms with Gasteiger partial charge in [-0.05, 0) is 30.2 Å². The zero-order chi connectivity index (χ0) is 16.9. The van der Waals surface area contributed by atoms with E-state index in [0.717, 1.165) is 24.2 Å². The van der Waals surface area contributed by atoms with Crippen molar-refractivity contribution in [2.24, 2.45) is 7.05 Å². The Morgan fingerprint density at radius 2 is 1.75 bits per heavy atom. The lowest BCUT2D eigenvalue weighted by Crippen LogP contribution is -2.38. The average Bonchev–Trinajstić information content (AvgIpc) is 3.12. The zero-order valence-electron chi connectivity index (χ0n) is 14.1. The van der Waals surface area contributed by atoms with Gasteiger partial charge in [0.05, 0.1) is 12.8 Å². The third kappa shape index (κ3) is 4.07. The molecule has 0 aliphatic carbocycles. The normalized spacial score (nSPS) is 15.4. The van der Waals surface area contributed by atoms with E-state index in [4.69, 9.17) is 0 Å². The van der Waals surface area contributed by atoms with Crippen LogP contribution >= 0.6 is 0 Å². The summed E-state index contributed by atoms with van der Waals surface area (Å²) in [5.74, 6) is 0.259. The second-order valence-corrected chi connectivity index (χ2v) is 6.35. The van der Waals surface area contributed by atoms with Crippen LogP contribution in [-0.2, 0) is 29.5 Å². The SMILES string of the molecule is Cn1ccc(CC(=O)N2CCCN(C(=O)Cc3ccc[nH]3)CC2)c1. The third-order valence-electron chi connectivity index (χ3n) is 4.45. The topological polar surface area (TPSA) is 61.3 Å². The van der Waals surface area contributed by atoms with Crippen molar-refractivity contribution >= 4 is 11.8 Å². The van der Waals surface area contributed by atoms with Gasteiger partial charge in [-0.3, -0.25) is 9.59 Å². The maximum atomic E-state index is 12.5. The molecule has 1 fully saturated rings. The van der Waals surface area contributed by atoms with Crippen molar-refractivity contribution in [1.82, 2.24) is 19.4 Å². The number of nitrogens with one attached hydrogen (secondary N) is 1. The van der Waals surface area contributed by atoms with Crippen molar-refractivity contribution in [3.63, 3.8) is 0 Å². The quantitative estimate of drug-likeness (QED) is 0.917. The molecule has 0 aromatic carbocycles. The van der Waals surface area contributed by atoms with Crippen LogP contribution in [0.2, 0.25) is 0 Å². The predicted molar refractivity (Wildman–Crippen MR) is 91.4 cm³/mol. The van der Waals surface area contributed by atoms with Gasteiger partial charge in [0.15, 0.2) is 0 Å². The number of amides is 2. The van der Waals surface area contributed by atoms with Gasteiger partial charge in [0.1, 0.15) is 0 Å². The fourth-order valence-corrected chi connectivity index (χ4v) is 3.12. The van der Waals surface area contributed by atoms with E-state index >= 15 is 0 Å². The first-order valence-electron chi connectivity index (χ1n) is 8.40. The van der Waals surface area contributed by atoms with Crippen LogP contribution < -0.4 is 0 Å². The summed E-state index contributed by atoms with van der Waals surface area (Å²) in [5, 5.41) is 0. The highest BCUT2D eigenvalue weighted by Crippen LogP contribution is 2.09. The second kappa shape index (κ2) is 7.38. The number of rotatable bonds is 4. The van der Waals surface area contributed by atoms with E-state index in [1.54, 1.807) is 0 Å². The summed E-state index contributed by atoms with van der Waals surface area (Å²) >= 11 is 0. The molecule has 6 nitrogen and oxygen atoms in total. The Balaban J connectivity index is 1.52. The summed E-state index contributed by atoms with van der Waals surface area (Å²) in [4.78, 5) is 31.7. The lowest BCUT2D eigenvalue weighted by molar-refractivity contribution is -0.132. The molecule has 0 bridgehead atoms. The molecule has 128 valence electrons. The second-order valence-electron chi connectivity index (χ2n) is 6.35. The van der Waals surface area contributed by atoms with Crippen LogP contribution in [-0.4, -0.2) is 57.3 Å². The number of carbonyl (C=O) groups is 2. The monoisotopic (exact) mass is 328 g/mol. The summed E-state index contributed by atoms with van der Waals surface area (Å²) in [6.45, 7) is 2.66. The molecule has 24 heavy (non-hydrogen) atoms. The van der Waals surface area contributed by atoms with E-state index in [0.29, 0.717) is 32.5 Å². The van der Waals surface area contributed by atoms with Gasteiger partial charge < -0.3 is 19.4 Å². The molecule has 1 aliphatic heterocycles. The lowest BCUT2D eigenvalue weighted by atomic mass is 10.2. The number of hydrogen-bond acceptors (Lipinski definition) is 2. The minimum absolute atomic E-state index is 0.120. The predicted octanol–water partition coefficient (Wildman–Crippen LogP) is 1.20. The molecule has 3 heterocycles. The van der Waals surface area contributed by atoms with Gasteiger partial charge in [-0.15, -0.1) is 0 Å². The Bertz CT molecular complexity index is 690. The molecule has 1 saturated heterocycles. The molecule has 6 heteroatoms. The Morgan fingerprint density at radius 1 is 1.04 bits per heavy atom. The number of hydrogen-bond donors (Lipinski definition) is 1. The van der Waals surface area contributed by atoms with Crippen molar-refractivity contribution in [3.05, 3.63) is 48.0 Å². The molecular weight excluding hydrogens is 304 g/mol. The molecule has 0 unspecified atom stereocenters. The van der Waals surface area contributed by atoms with Gasteiger partial charge in [0, 0.05) is 57.5 Å². The summed E-state index contributed by atoms with van der Waals surface area (Å²) < 4.78 is 1.95. The molecule has 0 atom stereocenters. The van der Waals surface area contributed by atoms with E-state index in [9.17, 15) is 9.59 Å². The highest BCUT2D eigenvalue weighted by molar-refractivity contribution is 5.80. The Morgan fingerprint density at radius 3 is 2.33 bits per heavy atom. The van der Waals surface area contributed by atoms with Gasteiger partial charge >= 0.3 is 0 Å². The van der Waals surface area contributed by atoms with Crippen LogP contribution in [0.4, 0.5) is 0 Å². The summed E-state index contributed by atoms with van der Waals surface area (Å²) in [5.41, 5.74) is 1.97.